The highest BCUT2D eigenvalue weighted by atomic mass is 32.1. The van der Waals surface area contributed by atoms with Crippen molar-refractivity contribution >= 4 is 43.8 Å². The van der Waals surface area contributed by atoms with Gasteiger partial charge in [-0.2, -0.15) is 5.10 Å². The van der Waals surface area contributed by atoms with E-state index in [9.17, 15) is 0 Å². The van der Waals surface area contributed by atoms with Crippen LogP contribution in [0.4, 0.5) is 5.13 Å². The highest BCUT2D eigenvalue weighted by molar-refractivity contribution is 7.22. The number of benzene rings is 2. The van der Waals surface area contributed by atoms with Crippen molar-refractivity contribution < 1.29 is 0 Å². The smallest absolute Gasteiger partial charge is 0.204 e. The van der Waals surface area contributed by atoms with Gasteiger partial charge in [-0.25, -0.2) is 9.97 Å². The summed E-state index contributed by atoms with van der Waals surface area (Å²) in [7, 11) is 0. The van der Waals surface area contributed by atoms with E-state index in [1.54, 1.807) is 17.6 Å². The van der Waals surface area contributed by atoms with Crippen LogP contribution in [0.5, 0.6) is 0 Å². The first-order valence-electron chi connectivity index (χ1n) is 6.89. The molecule has 0 unspecified atom stereocenters. The van der Waals surface area contributed by atoms with E-state index >= 15 is 0 Å². The maximum atomic E-state index is 4.54. The highest BCUT2D eigenvalue weighted by Gasteiger charge is 2.01. The van der Waals surface area contributed by atoms with E-state index in [-0.39, 0.29) is 0 Å². The van der Waals surface area contributed by atoms with Crippen LogP contribution in [0, 0.1) is 0 Å². The van der Waals surface area contributed by atoms with E-state index in [0.29, 0.717) is 0 Å². The molecule has 0 aliphatic heterocycles. The van der Waals surface area contributed by atoms with Gasteiger partial charge in [-0.3, -0.25) is 5.43 Å². The molecule has 2 heterocycles. The van der Waals surface area contributed by atoms with Gasteiger partial charge < -0.3 is 0 Å². The molecule has 106 valence electrons. The molecule has 0 saturated carbocycles. The summed E-state index contributed by atoms with van der Waals surface area (Å²) in [6, 6.07) is 20.0. The second-order valence-electron chi connectivity index (χ2n) is 4.79. The number of nitrogens with one attached hydrogen (secondary N) is 1. The average Bonchev–Trinajstić information content (AvgIpc) is 2.97. The Hall–Kier alpha value is -2.79. The van der Waals surface area contributed by atoms with E-state index in [0.717, 1.165) is 31.9 Å². The number of para-hydroxylation sites is 2. The predicted octanol–water partition coefficient (Wildman–Crippen LogP) is 4.29. The molecule has 0 aliphatic carbocycles. The van der Waals surface area contributed by atoms with Crippen LogP contribution in [0.25, 0.3) is 21.1 Å². The summed E-state index contributed by atoms with van der Waals surface area (Å²) in [5.74, 6) is 0. The second kappa shape index (κ2) is 5.54. The number of aromatic nitrogens is 2. The first-order valence-corrected chi connectivity index (χ1v) is 7.71. The number of rotatable bonds is 3. The largest absolute Gasteiger partial charge is 0.253 e. The maximum absolute atomic E-state index is 4.54. The van der Waals surface area contributed by atoms with Gasteiger partial charge in [0, 0.05) is 5.39 Å². The third kappa shape index (κ3) is 2.54. The van der Waals surface area contributed by atoms with Crippen LogP contribution in [0.2, 0.25) is 0 Å². The summed E-state index contributed by atoms with van der Waals surface area (Å²) in [6.45, 7) is 0. The number of pyridine rings is 1. The Balaban J connectivity index is 1.55. The van der Waals surface area contributed by atoms with Gasteiger partial charge in [0.2, 0.25) is 5.13 Å². The molecule has 0 bridgehead atoms. The maximum Gasteiger partial charge on any atom is 0.204 e. The lowest BCUT2D eigenvalue weighted by molar-refractivity contribution is 1.29. The molecule has 4 nitrogen and oxygen atoms in total. The minimum Gasteiger partial charge on any atom is -0.253 e. The summed E-state index contributed by atoms with van der Waals surface area (Å²) in [6.07, 6.45) is 1.71. The van der Waals surface area contributed by atoms with Gasteiger partial charge >= 0.3 is 0 Å². The van der Waals surface area contributed by atoms with Crippen molar-refractivity contribution in [3.8, 4) is 0 Å². The lowest BCUT2D eigenvalue weighted by atomic mass is 10.2. The first kappa shape index (κ1) is 12.9. The molecule has 2 aromatic carbocycles. The Morgan fingerprint density at radius 3 is 2.59 bits per heavy atom. The lowest BCUT2D eigenvalue weighted by Crippen LogP contribution is -1.92. The third-order valence-corrected chi connectivity index (χ3v) is 4.21. The number of thiazole rings is 1. The molecule has 2 aromatic heterocycles. The molecule has 4 aromatic rings. The molecule has 4 rings (SSSR count). The number of nitrogens with zero attached hydrogens (tertiary/aromatic N) is 3. The monoisotopic (exact) mass is 304 g/mol. The average molecular weight is 304 g/mol. The van der Waals surface area contributed by atoms with Crippen molar-refractivity contribution in [2.24, 2.45) is 5.10 Å². The molecule has 0 saturated heterocycles. The summed E-state index contributed by atoms with van der Waals surface area (Å²) >= 11 is 1.58. The van der Waals surface area contributed by atoms with Crippen molar-refractivity contribution in [3.05, 3.63) is 66.4 Å². The zero-order valence-electron chi connectivity index (χ0n) is 11.6. The summed E-state index contributed by atoms with van der Waals surface area (Å²) in [5.41, 5.74) is 5.72. The third-order valence-electron chi connectivity index (χ3n) is 3.27. The Morgan fingerprint density at radius 1 is 0.864 bits per heavy atom. The molecule has 0 aliphatic rings. The Morgan fingerprint density at radius 2 is 1.68 bits per heavy atom. The molecule has 0 fully saturated rings. The van der Waals surface area contributed by atoms with Gasteiger partial charge in [0.15, 0.2) is 0 Å². The minimum absolute atomic E-state index is 0.776. The van der Waals surface area contributed by atoms with Crippen LogP contribution in [0.15, 0.2) is 65.8 Å². The van der Waals surface area contributed by atoms with E-state index in [4.69, 9.17) is 0 Å². The van der Waals surface area contributed by atoms with Crippen LogP contribution >= 0.6 is 11.3 Å². The van der Waals surface area contributed by atoms with Crippen LogP contribution in [-0.2, 0) is 0 Å². The molecule has 0 spiro atoms. The van der Waals surface area contributed by atoms with Crippen LogP contribution in [0.1, 0.15) is 5.69 Å². The molecular formula is C17H12N4S. The number of anilines is 1. The molecule has 22 heavy (non-hydrogen) atoms. The van der Waals surface area contributed by atoms with E-state index < -0.39 is 0 Å². The lowest BCUT2D eigenvalue weighted by Gasteiger charge is -1.98. The van der Waals surface area contributed by atoms with Gasteiger partial charge in [0.1, 0.15) is 0 Å². The van der Waals surface area contributed by atoms with E-state index in [1.165, 1.54) is 0 Å². The molecule has 5 heteroatoms. The normalized spacial score (nSPS) is 11.5. The predicted molar refractivity (Wildman–Crippen MR) is 92.6 cm³/mol. The SMILES string of the molecule is C(=N/Nc1nc2ccccc2s1)/c1ccc2ccccc2n1. The summed E-state index contributed by atoms with van der Waals surface area (Å²) < 4.78 is 1.14. The number of hydrazone groups is 1. The fourth-order valence-electron chi connectivity index (χ4n) is 2.23. The zero-order valence-corrected chi connectivity index (χ0v) is 12.4. The van der Waals surface area contributed by atoms with Crippen molar-refractivity contribution in [1.82, 2.24) is 9.97 Å². The highest BCUT2D eigenvalue weighted by Crippen LogP contribution is 2.25. The van der Waals surface area contributed by atoms with Crippen LogP contribution < -0.4 is 5.43 Å². The fraction of sp³-hybridized carbons (Fsp3) is 0. The Labute approximate surface area is 131 Å². The standard InChI is InChI=1S/C17H12N4S/c1-2-6-14-12(5-1)9-10-13(19-14)11-18-21-17-20-15-7-3-4-8-16(15)22-17/h1-11H,(H,20,21)/b18-11-. The van der Waals surface area contributed by atoms with Crippen molar-refractivity contribution in [2.45, 2.75) is 0 Å². The van der Waals surface area contributed by atoms with Crippen LogP contribution in [-0.4, -0.2) is 16.2 Å². The topological polar surface area (TPSA) is 50.2 Å². The molecule has 0 radical (unpaired) electrons. The molecular weight excluding hydrogens is 292 g/mol. The van der Waals surface area contributed by atoms with Gasteiger partial charge in [-0.1, -0.05) is 47.7 Å². The number of fused-ring (bicyclic) bond motifs is 2. The second-order valence-corrected chi connectivity index (χ2v) is 5.82. The quantitative estimate of drug-likeness (QED) is 0.454. The summed E-state index contributed by atoms with van der Waals surface area (Å²) in [5, 5.41) is 6.12. The van der Waals surface area contributed by atoms with Crippen LogP contribution in [0.3, 0.4) is 0 Å². The van der Waals surface area contributed by atoms with Crippen molar-refractivity contribution in [3.63, 3.8) is 0 Å². The van der Waals surface area contributed by atoms with Gasteiger partial charge in [-0.05, 0) is 24.3 Å². The summed E-state index contributed by atoms with van der Waals surface area (Å²) in [4.78, 5) is 9.01. The Kier molecular flexibility index (Phi) is 3.25. The van der Waals surface area contributed by atoms with E-state index in [1.807, 2.05) is 60.7 Å². The van der Waals surface area contributed by atoms with Gasteiger partial charge in [0.25, 0.3) is 0 Å². The first-order chi connectivity index (χ1) is 10.9. The molecule has 1 N–H and O–H groups in total. The fourth-order valence-corrected chi connectivity index (χ4v) is 3.04. The zero-order chi connectivity index (χ0) is 14.8. The molecule has 0 atom stereocenters. The van der Waals surface area contributed by atoms with Gasteiger partial charge in [-0.15, -0.1) is 0 Å². The minimum atomic E-state index is 0.776. The van der Waals surface area contributed by atoms with E-state index in [2.05, 4.69) is 20.5 Å². The Bertz CT molecular complexity index is 941. The number of hydrogen-bond donors (Lipinski definition) is 1. The molecule has 0 amide bonds. The number of hydrogen-bond acceptors (Lipinski definition) is 5. The van der Waals surface area contributed by atoms with Crippen molar-refractivity contribution in [1.29, 1.82) is 0 Å². The van der Waals surface area contributed by atoms with Gasteiger partial charge in [0.05, 0.1) is 27.6 Å². The van der Waals surface area contributed by atoms with Crippen molar-refractivity contribution in [2.75, 3.05) is 5.43 Å².